The third-order valence-corrected chi connectivity index (χ3v) is 3.54. The lowest BCUT2D eigenvalue weighted by molar-refractivity contribution is -0.137. The Kier molecular flexibility index (Phi) is 4.62. The molecule has 0 unspecified atom stereocenters. The van der Waals surface area contributed by atoms with Gasteiger partial charge in [0.2, 0.25) is 5.91 Å². The van der Waals surface area contributed by atoms with Crippen LogP contribution in [0.25, 0.3) is 0 Å². The minimum absolute atomic E-state index is 0.0601. The molecule has 21 heavy (non-hydrogen) atoms. The highest BCUT2D eigenvalue weighted by molar-refractivity contribution is 5.93. The zero-order valence-corrected chi connectivity index (χ0v) is 11.9. The van der Waals surface area contributed by atoms with Crippen LogP contribution in [0.1, 0.15) is 30.3 Å². The van der Waals surface area contributed by atoms with Crippen molar-refractivity contribution in [3.05, 3.63) is 24.0 Å². The summed E-state index contributed by atoms with van der Waals surface area (Å²) >= 11 is 0. The highest BCUT2D eigenvalue weighted by atomic mass is 16.4. The van der Waals surface area contributed by atoms with Crippen LogP contribution in [0.4, 0.5) is 0 Å². The summed E-state index contributed by atoms with van der Waals surface area (Å²) in [5, 5.41) is 11.7. The Hall–Kier alpha value is -2.31. The smallest absolute Gasteiger partial charge is 0.323 e. The fraction of sp³-hybridized carbons (Fsp3) is 0.500. The molecule has 0 radical (unpaired) electrons. The van der Waals surface area contributed by atoms with Crippen LogP contribution in [0.15, 0.2) is 18.3 Å². The van der Waals surface area contributed by atoms with Crippen LogP contribution >= 0.6 is 0 Å². The van der Waals surface area contributed by atoms with Gasteiger partial charge < -0.3 is 19.9 Å². The van der Waals surface area contributed by atoms with Gasteiger partial charge in [0.15, 0.2) is 0 Å². The number of hydrogen-bond donors (Lipinski definition) is 2. The molecule has 0 bridgehead atoms. The van der Waals surface area contributed by atoms with Gasteiger partial charge in [-0.1, -0.05) is 0 Å². The monoisotopic (exact) mass is 293 g/mol. The zero-order valence-electron chi connectivity index (χ0n) is 11.9. The molecule has 0 aromatic carbocycles. The number of nitrogens with zero attached hydrogens (tertiary/aromatic N) is 2. The number of amides is 2. The first kappa shape index (κ1) is 15.1. The predicted octanol–water partition coefficient (Wildman–Crippen LogP) is 0.313. The second kappa shape index (κ2) is 6.43. The van der Waals surface area contributed by atoms with Crippen LogP contribution < -0.4 is 5.32 Å². The molecule has 2 N–H and O–H groups in total. The lowest BCUT2D eigenvalue weighted by Gasteiger charge is -2.32. The molecule has 1 aromatic heterocycles. The van der Waals surface area contributed by atoms with Crippen molar-refractivity contribution in [1.82, 2.24) is 14.8 Å². The largest absolute Gasteiger partial charge is 0.480 e. The fourth-order valence-electron chi connectivity index (χ4n) is 2.57. The normalized spacial score (nSPS) is 15.8. The number of rotatable bonds is 4. The van der Waals surface area contributed by atoms with Gasteiger partial charge in [-0.05, 0) is 25.0 Å². The van der Waals surface area contributed by atoms with E-state index in [9.17, 15) is 14.4 Å². The van der Waals surface area contributed by atoms with E-state index in [-0.39, 0.29) is 24.4 Å². The van der Waals surface area contributed by atoms with E-state index in [4.69, 9.17) is 5.11 Å². The summed E-state index contributed by atoms with van der Waals surface area (Å²) in [5.74, 6) is -1.21. The number of likely N-dealkylation sites (tertiary alicyclic amines) is 1. The molecule has 0 spiro atoms. The van der Waals surface area contributed by atoms with Gasteiger partial charge in [-0.25, -0.2) is 0 Å². The van der Waals surface area contributed by atoms with Gasteiger partial charge in [0, 0.05) is 32.3 Å². The lowest BCUT2D eigenvalue weighted by atomic mass is 10.0. The molecule has 0 atom stereocenters. The minimum Gasteiger partial charge on any atom is -0.480 e. The topological polar surface area (TPSA) is 91.6 Å². The maximum Gasteiger partial charge on any atom is 0.323 e. The Balaban J connectivity index is 1.97. The molecule has 2 amide bonds. The maximum atomic E-state index is 12.4. The number of carboxylic acids is 1. The standard InChI is InChI=1S/C14H19N3O4/c1-10(18)15-11-4-7-16(8-5-11)14(21)12-3-2-6-17(12)9-13(19)20/h2-3,6,11H,4-5,7-9H2,1H3,(H,15,18)(H,19,20). The summed E-state index contributed by atoms with van der Waals surface area (Å²) in [6.07, 6.45) is 3.02. The number of hydrogen-bond acceptors (Lipinski definition) is 3. The van der Waals surface area contributed by atoms with E-state index < -0.39 is 5.97 Å². The molecule has 1 saturated heterocycles. The number of aromatic nitrogens is 1. The van der Waals surface area contributed by atoms with E-state index in [1.54, 1.807) is 23.2 Å². The van der Waals surface area contributed by atoms with Gasteiger partial charge in [0.25, 0.3) is 5.91 Å². The third-order valence-electron chi connectivity index (χ3n) is 3.54. The molecule has 7 nitrogen and oxygen atoms in total. The summed E-state index contributed by atoms with van der Waals surface area (Å²) in [6, 6.07) is 3.41. The van der Waals surface area contributed by atoms with Crippen LogP contribution in [0.5, 0.6) is 0 Å². The Morgan fingerprint density at radius 3 is 2.57 bits per heavy atom. The molecule has 1 fully saturated rings. The van der Waals surface area contributed by atoms with E-state index in [1.807, 2.05) is 0 Å². The van der Waals surface area contributed by atoms with Crippen LogP contribution in [-0.4, -0.2) is 51.5 Å². The number of carboxylic acid groups (broad SMARTS) is 1. The summed E-state index contributed by atoms with van der Waals surface area (Å²) in [7, 11) is 0. The van der Waals surface area contributed by atoms with E-state index in [1.165, 1.54) is 11.5 Å². The molecule has 1 aliphatic heterocycles. The molecule has 2 heterocycles. The molecule has 2 rings (SSSR count). The average Bonchev–Trinajstić information content (AvgIpc) is 2.85. The van der Waals surface area contributed by atoms with Crippen molar-refractivity contribution in [2.45, 2.75) is 32.4 Å². The van der Waals surface area contributed by atoms with Gasteiger partial charge in [-0.3, -0.25) is 14.4 Å². The fourth-order valence-corrected chi connectivity index (χ4v) is 2.57. The summed E-state index contributed by atoms with van der Waals surface area (Å²) < 4.78 is 1.44. The molecule has 1 aliphatic rings. The Bertz CT molecular complexity index is 544. The number of aliphatic carboxylic acids is 1. The number of nitrogens with one attached hydrogen (secondary N) is 1. The maximum absolute atomic E-state index is 12.4. The first-order chi connectivity index (χ1) is 9.97. The van der Waals surface area contributed by atoms with Gasteiger partial charge in [0.05, 0.1) is 0 Å². The van der Waals surface area contributed by atoms with Crippen molar-refractivity contribution >= 4 is 17.8 Å². The molecule has 1 aromatic rings. The van der Waals surface area contributed by atoms with Crippen molar-refractivity contribution in [1.29, 1.82) is 0 Å². The van der Waals surface area contributed by atoms with Gasteiger partial charge in [-0.2, -0.15) is 0 Å². The van der Waals surface area contributed by atoms with Crippen molar-refractivity contribution in [2.75, 3.05) is 13.1 Å². The lowest BCUT2D eigenvalue weighted by Crippen LogP contribution is -2.46. The molecular formula is C14H19N3O4. The van der Waals surface area contributed by atoms with E-state index >= 15 is 0 Å². The summed E-state index contributed by atoms with van der Waals surface area (Å²) in [6.45, 7) is 2.37. The van der Waals surface area contributed by atoms with Crippen LogP contribution in [-0.2, 0) is 16.1 Å². The Morgan fingerprint density at radius 1 is 1.33 bits per heavy atom. The number of piperidine rings is 1. The quantitative estimate of drug-likeness (QED) is 0.836. The minimum atomic E-state index is -0.982. The Labute approximate surface area is 122 Å². The predicted molar refractivity (Wildman–Crippen MR) is 74.8 cm³/mol. The first-order valence-corrected chi connectivity index (χ1v) is 6.90. The van der Waals surface area contributed by atoms with Crippen molar-refractivity contribution in [3.8, 4) is 0 Å². The van der Waals surface area contributed by atoms with Crippen molar-refractivity contribution < 1.29 is 19.5 Å². The molecular weight excluding hydrogens is 274 g/mol. The summed E-state index contributed by atoms with van der Waals surface area (Å²) in [5.41, 5.74) is 0.385. The molecule has 114 valence electrons. The first-order valence-electron chi connectivity index (χ1n) is 6.90. The SMILES string of the molecule is CC(=O)NC1CCN(C(=O)c2cccn2CC(=O)O)CC1. The van der Waals surface area contributed by atoms with Crippen LogP contribution in [0.2, 0.25) is 0 Å². The van der Waals surface area contributed by atoms with E-state index in [0.29, 0.717) is 31.6 Å². The van der Waals surface area contributed by atoms with E-state index in [0.717, 1.165) is 0 Å². The second-order valence-electron chi connectivity index (χ2n) is 5.18. The summed E-state index contributed by atoms with van der Waals surface area (Å²) in [4.78, 5) is 35.9. The highest BCUT2D eigenvalue weighted by Crippen LogP contribution is 2.14. The zero-order chi connectivity index (χ0) is 15.4. The molecule has 0 aliphatic carbocycles. The molecule has 7 heteroatoms. The second-order valence-corrected chi connectivity index (χ2v) is 5.18. The highest BCUT2D eigenvalue weighted by Gasteiger charge is 2.25. The average molecular weight is 293 g/mol. The van der Waals surface area contributed by atoms with Gasteiger partial charge in [-0.15, -0.1) is 0 Å². The van der Waals surface area contributed by atoms with Crippen molar-refractivity contribution in [3.63, 3.8) is 0 Å². The van der Waals surface area contributed by atoms with Crippen LogP contribution in [0.3, 0.4) is 0 Å². The van der Waals surface area contributed by atoms with E-state index in [2.05, 4.69) is 5.32 Å². The van der Waals surface area contributed by atoms with Gasteiger partial charge >= 0.3 is 5.97 Å². The number of carbonyl (C=O) groups is 3. The number of carbonyl (C=O) groups excluding carboxylic acids is 2. The van der Waals surface area contributed by atoms with Crippen LogP contribution in [0, 0.1) is 0 Å². The van der Waals surface area contributed by atoms with Gasteiger partial charge in [0.1, 0.15) is 12.2 Å². The van der Waals surface area contributed by atoms with Crippen molar-refractivity contribution in [2.24, 2.45) is 0 Å². The third kappa shape index (κ3) is 3.84. The Morgan fingerprint density at radius 2 is 2.00 bits per heavy atom. The molecule has 0 saturated carbocycles.